The molecule has 0 unspecified atom stereocenters. The Labute approximate surface area is 569 Å². The third-order valence-corrected chi connectivity index (χ3v) is 20.3. The predicted octanol–water partition coefficient (Wildman–Crippen LogP) is 23.6. The monoisotopic (exact) mass is 1260 g/mol. The Bertz CT molecular complexity index is 6700. The highest BCUT2D eigenvalue weighted by Gasteiger charge is 2.37. The Kier molecular flexibility index (Phi) is 12.6. The topological polar surface area (TPSA) is 61.3 Å². The first-order valence-corrected chi connectivity index (χ1v) is 33.7. The van der Waals surface area contributed by atoms with Gasteiger partial charge in [0, 0.05) is 48.8 Å². The van der Waals surface area contributed by atoms with Gasteiger partial charge in [0.05, 0.1) is 89.0 Å². The van der Waals surface area contributed by atoms with E-state index in [1.807, 2.05) is 0 Å². The molecule has 15 aromatic carbocycles. The van der Waals surface area contributed by atoms with Gasteiger partial charge < -0.3 is 18.3 Å². The molecule has 7 heteroatoms. The van der Waals surface area contributed by atoms with Crippen LogP contribution < -0.4 is 0 Å². The summed E-state index contributed by atoms with van der Waals surface area (Å²) in [5.41, 5.74) is 23.5. The lowest BCUT2D eigenvalue weighted by molar-refractivity contribution is 1.01. The summed E-state index contributed by atoms with van der Waals surface area (Å²) < 4.78 is 12.2. The fourth-order valence-electron chi connectivity index (χ4n) is 16.0. The molecule has 20 rings (SSSR count). The largest absolute Gasteiger partial charge is 0.306 e. The number of hydrogen-bond donors (Lipinski definition) is 0. The van der Waals surface area contributed by atoms with Crippen molar-refractivity contribution in [2.75, 3.05) is 0 Å². The van der Waals surface area contributed by atoms with Crippen LogP contribution in [0, 0.1) is 11.3 Å². The second-order valence-corrected chi connectivity index (χ2v) is 25.7. The molecule has 460 valence electrons. The van der Waals surface area contributed by atoms with E-state index in [0.717, 1.165) is 166 Å². The summed E-state index contributed by atoms with van der Waals surface area (Å²) in [5, 5.41) is 22.1. The number of benzene rings is 15. The molecule has 0 aliphatic rings. The molecule has 99 heavy (non-hydrogen) atoms. The predicted molar refractivity (Wildman–Crippen MR) is 410 cm³/mol. The van der Waals surface area contributed by atoms with E-state index >= 15 is 0 Å². The van der Waals surface area contributed by atoms with E-state index in [9.17, 15) is 5.26 Å². The number of hydrogen-bond acceptors (Lipinski definition) is 2. The van der Waals surface area contributed by atoms with Crippen LogP contribution in [0.15, 0.2) is 346 Å². The molecule has 0 aliphatic heterocycles. The minimum absolute atomic E-state index is 0.442. The number of aromatic nitrogens is 6. The van der Waals surface area contributed by atoms with Gasteiger partial charge in [-0.1, -0.05) is 249 Å². The lowest BCUT2D eigenvalue weighted by Crippen LogP contribution is -2.17. The Morgan fingerprint density at radius 2 is 0.505 bits per heavy atom. The van der Waals surface area contributed by atoms with E-state index in [2.05, 4.69) is 375 Å². The van der Waals surface area contributed by atoms with Gasteiger partial charge in [-0.05, 0) is 142 Å². The number of imidazole rings is 1. The normalized spacial score (nSPS) is 11.8. The molecule has 7 nitrogen and oxygen atoms in total. The van der Waals surface area contributed by atoms with E-state index in [4.69, 9.17) is 4.98 Å². The highest BCUT2D eigenvalue weighted by atomic mass is 15.2. The van der Waals surface area contributed by atoms with E-state index in [0.29, 0.717) is 22.6 Å². The summed E-state index contributed by atoms with van der Waals surface area (Å²) >= 11 is 0. The average molecular weight is 1260 g/mol. The van der Waals surface area contributed by atoms with Crippen LogP contribution >= 0.6 is 0 Å². The number of nitrogens with zero attached hydrogens (tertiary/aromatic N) is 7. The lowest BCUT2D eigenvalue weighted by atomic mass is 9.96. The number of nitriles is 1. The molecule has 20 aromatic rings. The lowest BCUT2D eigenvalue weighted by Gasteiger charge is -2.29. The van der Waals surface area contributed by atoms with Crippen molar-refractivity contribution in [3.63, 3.8) is 0 Å². The molecule has 0 spiro atoms. The van der Waals surface area contributed by atoms with Crippen molar-refractivity contribution >= 4 is 98.3 Å². The van der Waals surface area contributed by atoms with Gasteiger partial charge >= 0.3 is 0 Å². The molecular formula is C92H57N7. The molecule has 0 bridgehead atoms. The third-order valence-electron chi connectivity index (χ3n) is 20.3. The van der Waals surface area contributed by atoms with Gasteiger partial charge in [-0.15, -0.1) is 0 Å². The standard InChI is InChI=1S/C92H57N7/c93-58-76-87(92-94-77-40-20-25-45-86(77)95(92)67-34-14-5-15-35-67)89(97-79-42-22-17-37-69(79)73-55-64(47-51-83(73)97)60-28-8-2-9-29-60)91(99-81-44-24-19-39-71(81)75-57-66(49-53-85(75)99)62-32-12-4-13-33-62)90(98-80-43-23-18-38-70(80)74-56-65(48-52-84(74)98)61-30-10-3-11-31-61)88(76)96-78-41-21-16-36-68(78)72-54-63(46-50-82(72)96)59-26-6-1-7-27-59/h1-57H. The maximum absolute atomic E-state index is 13.5. The smallest absolute Gasteiger partial charge is 0.149 e. The maximum atomic E-state index is 13.5. The van der Waals surface area contributed by atoms with Crippen molar-refractivity contribution in [3.8, 4) is 90.4 Å². The molecular weight excluding hydrogens is 1200 g/mol. The second-order valence-electron chi connectivity index (χ2n) is 25.7. The summed E-state index contributed by atoms with van der Waals surface area (Å²) in [6.45, 7) is 0. The van der Waals surface area contributed by atoms with Crippen LogP contribution in [0.2, 0.25) is 0 Å². The first-order chi connectivity index (χ1) is 49.1. The number of para-hydroxylation sites is 7. The van der Waals surface area contributed by atoms with Crippen LogP contribution in [-0.2, 0) is 0 Å². The summed E-state index contributed by atoms with van der Waals surface area (Å²) in [5.74, 6) is 0.615. The van der Waals surface area contributed by atoms with Crippen LogP contribution in [0.25, 0.3) is 183 Å². The average Bonchev–Trinajstić information content (AvgIpc) is 1.58. The molecule has 5 heterocycles. The molecule has 0 saturated heterocycles. The summed E-state index contributed by atoms with van der Waals surface area (Å²) in [7, 11) is 0. The molecule has 0 radical (unpaired) electrons. The Morgan fingerprint density at radius 3 is 0.869 bits per heavy atom. The second kappa shape index (κ2) is 22.3. The van der Waals surface area contributed by atoms with Crippen molar-refractivity contribution in [1.82, 2.24) is 27.8 Å². The third kappa shape index (κ3) is 8.53. The highest BCUT2D eigenvalue weighted by molar-refractivity contribution is 6.18. The Balaban J connectivity index is 1.09. The van der Waals surface area contributed by atoms with Crippen LogP contribution in [0.4, 0.5) is 0 Å². The van der Waals surface area contributed by atoms with Gasteiger partial charge in [0.1, 0.15) is 11.9 Å². The summed E-state index contributed by atoms with van der Waals surface area (Å²) in [6, 6.07) is 128. The Hall–Kier alpha value is -13.5. The van der Waals surface area contributed by atoms with Crippen molar-refractivity contribution in [2.24, 2.45) is 0 Å². The molecule has 0 atom stereocenters. The molecule has 0 saturated carbocycles. The minimum Gasteiger partial charge on any atom is -0.306 e. The van der Waals surface area contributed by atoms with E-state index in [-0.39, 0.29) is 0 Å². The van der Waals surface area contributed by atoms with Crippen LogP contribution in [0.3, 0.4) is 0 Å². The molecule has 0 N–H and O–H groups in total. The fraction of sp³-hybridized carbons (Fsp3) is 0. The summed E-state index contributed by atoms with van der Waals surface area (Å²) in [4.78, 5) is 5.94. The first kappa shape index (κ1) is 55.9. The van der Waals surface area contributed by atoms with Gasteiger partial charge in [0.25, 0.3) is 0 Å². The van der Waals surface area contributed by atoms with Gasteiger partial charge in [-0.3, -0.25) is 4.57 Å². The zero-order valence-electron chi connectivity index (χ0n) is 53.5. The molecule has 5 aromatic heterocycles. The van der Waals surface area contributed by atoms with Crippen molar-refractivity contribution in [1.29, 1.82) is 5.26 Å². The zero-order chi connectivity index (χ0) is 65.2. The van der Waals surface area contributed by atoms with Crippen LogP contribution in [0.5, 0.6) is 0 Å². The van der Waals surface area contributed by atoms with Gasteiger partial charge in [-0.25, -0.2) is 4.98 Å². The van der Waals surface area contributed by atoms with Crippen molar-refractivity contribution in [3.05, 3.63) is 351 Å². The van der Waals surface area contributed by atoms with E-state index < -0.39 is 0 Å². The van der Waals surface area contributed by atoms with Crippen molar-refractivity contribution in [2.45, 2.75) is 0 Å². The van der Waals surface area contributed by atoms with Crippen LogP contribution in [-0.4, -0.2) is 27.8 Å². The zero-order valence-corrected chi connectivity index (χ0v) is 53.5. The quantitative estimate of drug-likeness (QED) is 0.137. The number of rotatable bonds is 10. The Morgan fingerprint density at radius 1 is 0.222 bits per heavy atom. The van der Waals surface area contributed by atoms with E-state index in [1.165, 1.54) is 0 Å². The number of fused-ring (bicyclic) bond motifs is 13. The van der Waals surface area contributed by atoms with Crippen molar-refractivity contribution < 1.29 is 0 Å². The van der Waals surface area contributed by atoms with Gasteiger partial charge in [-0.2, -0.15) is 5.26 Å². The van der Waals surface area contributed by atoms with Gasteiger partial charge in [0.2, 0.25) is 0 Å². The summed E-state index contributed by atoms with van der Waals surface area (Å²) in [6.07, 6.45) is 0. The molecule has 0 amide bonds. The minimum atomic E-state index is 0.442. The fourth-order valence-corrected chi connectivity index (χ4v) is 16.0. The van der Waals surface area contributed by atoms with E-state index in [1.54, 1.807) is 0 Å². The van der Waals surface area contributed by atoms with Gasteiger partial charge in [0.15, 0.2) is 0 Å². The molecule has 0 fully saturated rings. The maximum Gasteiger partial charge on any atom is 0.149 e. The molecule has 0 aliphatic carbocycles. The highest BCUT2D eigenvalue weighted by Crippen LogP contribution is 2.53. The van der Waals surface area contributed by atoms with Crippen LogP contribution in [0.1, 0.15) is 5.56 Å². The first-order valence-electron chi connectivity index (χ1n) is 33.7. The SMILES string of the molecule is N#Cc1c(-c2nc3ccccc3n2-c2ccccc2)c(-n2c3ccccc3c3cc(-c4ccccc4)ccc32)c(-n2c3ccccc3c3cc(-c4ccccc4)ccc32)c(-n2c3ccccc3c3cc(-c4ccccc4)ccc32)c1-n1c2ccccc2c2cc(-c3ccccc3)ccc21.